The highest BCUT2D eigenvalue weighted by molar-refractivity contribution is 9.10. The standard InChI is InChI=1S/C17H16BrClN2O2/c1-11-2-7-14(9-15(11)19)21-17(23)10-20-16(22)8-12-3-5-13(18)6-4-12/h2-7,9H,8,10H2,1H3,(H,20,22)(H,21,23). The van der Waals surface area contributed by atoms with Crippen LogP contribution in [0.3, 0.4) is 0 Å². The molecule has 2 rings (SSSR count). The SMILES string of the molecule is Cc1ccc(NC(=O)CNC(=O)Cc2ccc(Br)cc2)cc1Cl. The van der Waals surface area contributed by atoms with E-state index in [4.69, 9.17) is 11.6 Å². The lowest BCUT2D eigenvalue weighted by Gasteiger charge is -2.08. The molecule has 0 radical (unpaired) electrons. The predicted octanol–water partition coefficient (Wildman–Crippen LogP) is 3.71. The zero-order valence-electron chi connectivity index (χ0n) is 12.5. The van der Waals surface area contributed by atoms with Crippen molar-refractivity contribution >= 4 is 45.0 Å². The molecule has 0 unspecified atom stereocenters. The van der Waals surface area contributed by atoms with E-state index in [0.29, 0.717) is 10.7 Å². The van der Waals surface area contributed by atoms with E-state index in [1.165, 1.54) is 0 Å². The maximum absolute atomic E-state index is 11.8. The summed E-state index contributed by atoms with van der Waals surface area (Å²) in [6.07, 6.45) is 0.233. The van der Waals surface area contributed by atoms with E-state index >= 15 is 0 Å². The van der Waals surface area contributed by atoms with Crippen molar-refractivity contribution < 1.29 is 9.59 Å². The Bertz CT molecular complexity index is 717. The van der Waals surface area contributed by atoms with Crippen molar-refractivity contribution in [2.75, 3.05) is 11.9 Å². The number of benzene rings is 2. The first-order valence-electron chi connectivity index (χ1n) is 7.01. The molecule has 0 aromatic heterocycles. The molecule has 0 atom stereocenters. The predicted molar refractivity (Wildman–Crippen MR) is 95.7 cm³/mol. The molecule has 2 aromatic rings. The molecule has 0 bridgehead atoms. The monoisotopic (exact) mass is 394 g/mol. The van der Waals surface area contributed by atoms with Crippen LogP contribution in [0.1, 0.15) is 11.1 Å². The summed E-state index contributed by atoms with van der Waals surface area (Å²) in [5.74, 6) is -0.501. The number of anilines is 1. The number of rotatable bonds is 5. The second-order valence-electron chi connectivity index (χ2n) is 5.09. The van der Waals surface area contributed by atoms with Crippen molar-refractivity contribution in [2.45, 2.75) is 13.3 Å². The highest BCUT2D eigenvalue weighted by Gasteiger charge is 2.07. The van der Waals surface area contributed by atoms with E-state index in [0.717, 1.165) is 15.6 Å². The first kappa shape index (κ1) is 17.5. The van der Waals surface area contributed by atoms with E-state index < -0.39 is 0 Å². The van der Waals surface area contributed by atoms with E-state index in [1.54, 1.807) is 12.1 Å². The minimum atomic E-state index is -0.297. The number of nitrogens with one attached hydrogen (secondary N) is 2. The number of amides is 2. The molecule has 0 saturated carbocycles. The molecular formula is C17H16BrClN2O2. The summed E-state index contributed by atoms with van der Waals surface area (Å²) in [5.41, 5.74) is 2.43. The fraction of sp³-hybridized carbons (Fsp3) is 0.176. The highest BCUT2D eigenvalue weighted by atomic mass is 79.9. The van der Waals surface area contributed by atoms with Crippen molar-refractivity contribution in [3.63, 3.8) is 0 Å². The first-order valence-corrected chi connectivity index (χ1v) is 8.18. The van der Waals surface area contributed by atoms with Crippen molar-refractivity contribution in [1.82, 2.24) is 5.32 Å². The van der Waals surface area contributed by atoms with Crippen LogP contribution in [0.4, 0.5) is 5.69 Å². The molecule has 4 nitrogen and oxygen atoms in total. The fourth-order valence-corrected chi connectivity index (χ4v) is 2.35. The average molecular weight is 396 g/mol. The molecule has 0 fully saturated rings. The second kappa shape index (κ2) is 8.13. The van der Waals surface area contributed by atoms with Gasteiger partial charge in [0, 0.05) is 15.2 Å². The summed E-state index contributed by atoms with van der Waals surface area (Å²) in [5, 5.41) is 5.87. The molecular weight excluding hydrogens is 380 g/mol. The van der Waals surface area contributed by atoms with Crippen molar-refractivity contribution in [3.8, 4) is 0 Å². The molecule has 6 heteroatoms. The lowest BCUT2D eigenvalue weighted by Crippen LogP contribution is -2.33. The van der Waals surface area contributed by atoms with Crippen LogP contribution in [0.2, 0.25) is 5.02 Å². The zero-order chi connectivity index (χ0) is 16.8. The van der Waals surface area contributed by atoms with Crippen LogP contribution >= 0.6 is 27.5 Å². The van der Waals surface area contributed by atoms with Crippen LogP contribution < -0.4 is 10.6 Å². The van der Waals surface area contributed by atoms with Crippen molar-refractivity contribution in [3.05, 3.63) is 63.1 Å². The number of hydrogen-bond acceptors (Lipinski definition) is 2. The van der Waals surface area contributed by atoms with Gasteiger partial charge in [-0.3, -0.25) is 9.59 Å². The minimum absolute atomic E-state index is 0.0825. The van der Waals surface area contributed by atoms with Crippen molar-refractivity contribution in [1.29, 1.82) is 0 Å². The highest BCUT2D eigenvalue weighted by Crippen LogP contribution is 2.19. The number of halogens is 2. The van der Waals surface area contributed by atoms with Gasteiger partial charge in [0.05, 0.1) is 13.0 Å². The number of aryl methyl sites for hydroxylation is 1. The molecule has 0 aliphatic carbocycles. The Morgan fingerprint density at radius 3 is 2.43 bits per heavy atom. The topological polar surface area (TPSA) is 58.2 Å². The quantitative estimate of drug-likeness (QED) is 0.811. The average Bonchev–Trinajstić information content (AvgIpc) is 2.51. The fourth-order valence-electron chi connectivity index (χ4n) is 1.90. The van der Waals surface area contributed by atoms with E-state index in [2.05, 4.69) is 26.6 Å². The Hall–Kier alpha value is -1.85. The van der Waals surface area contributed by atoms with Gasteiger partial charge in [0.1, 0.15) is 0 Å². The van der Waals surface area contributed by atoms with Gasteiger partial charge < -0.3 is 10.6 Å². The van der Waals surface area contributed by atoms with Crippen molar-refractivity contribution in [2.24, 2.45) is 0 Å². The van der Waals surface area contributed by atoms with Gasteiger partial charge in [-0.1, -0.05) is 45.7 Å². The summed E-state index contributed by atoms with van der Waals surface area (Å²) in [4.78, 5) is 23.7. The first-order chi connectivity index (χ1) is 10.9. The maximum Gasteiger partial charge on any atom is 0.243 e. The van der Waals surface area contributed by atoms with Gasteiger partial charge in [0.2, 0.25) is 11.8 Å². The van der Waals surface area contributed by atoms with Gasteiger partial charge in [0.15, 0.2) is 0 Å². The normalized spacial score (nSPS) is 10.2. The van der Waals surface area contributed by atoms with E-state index in [1.807, 2.05) is 37.3 Å². The lowest BCUT2D eigenvalue weighted by atomic mass is 10.1. The zero-order valence-corrected chi connectivity index (χ0v) is 14.9. The lowest BCUT2D eigenvalue weighted by molar-refractivity contribution is -0.123. The summed E-state index contributed by atoms with van der Waals surface area (Å²) >= 11 is 9.34. The third-order valence-corrected chi connectivity index (χ3v) is 4.12. The Morgan fingerprint density at radius 2 is 1.78 bits per heavy atom. The third kappa shape index (κ3) is 5.69. The van der Waals surface area contributed by atoms with Crippen LogP contribution in [0.15, 0.2) is 46.9 Å². The Kier molecular flexibility index (Phi) is 6.19. The van der Waals surface area contributed by atoms with Crippen LogP contribution in [-0.2, 0) is 16.0 Å². The van der Waals surface area contributed by atoms with Crippen LogP contribution in [0.5, 0.6) is 0 Å². The Balaban J connectivity index is 1.80. The summed E-state index contributed by atoms with van der Waals surface area (Å²) in [6.45, 7) is 1.80. The van der Waals surface area contributed by atoms with Gasteiger partial charge in [-0.05, 0) is 42.3 Å². The van der Waals surface area contributed by atoms with Gasteiger partial charge in [-0.25, -0.2) is 0 Å². The summed E-state index contributed by atoms with van der Waals surface area (Å²) < 4.78 is 0.956. The molecule has 120 valence electrons. The molecule has 0 aliphatic rings. The second-order valence-corrected chi connectivity index (χ2v) is 6.41. The van der Waals surface area contributed by atoms with E-state index in [-0.39, 0.29) is 24.8 Å². The van der Waals surface area contributed by atoms with Gasteiger partial charge >= 0.3 is 0 Å². The number of hydrogen-bond donors (Lipinski definition) is 2. The molecule has 0 spiro atoms. The molecule has 0 aliphatic heterocycles. The van der Waals surface area contributed by atoms with Gasteiger partial charge in [-0.15, -0.1) is 0 Å². The van der Waals surface area contributed by atoms with Crippen LogP contribution in [0, 0.1) is 6.92 Å². The Morgan fingerprint density at radius 1 is 1.09 bits per heavy atom. The largest absolute Gasteiger partial charge is 0.347 e. The molecule has 2 amide bonds. The molecule has 0 saturated heterocycles. The molecule has 23 heavy (non-hydrogen) atoms. The van der Waals surface area contributed by atoms with Gasteiger partial charge in [0.25, 0.3) is 0 Å². The van der Waals surface area contributed by atoms with Gasteiger partial charge in [-0.2, -0.15) is 0 Å². The maximum atomic E-state index is 11.8. The minimum Gasteiger partial charge on any atom is -0.347 e. The number of carbonyl (C=O) groups is 2. The third-order valence-electron chi connectivity index (χ3n) is 3.18. The molecule has 2 N–H and O–H groups in total. The summed E-state index contributed by atoms with van der Waals surface area (Å²) in [7, 11) is 0. The number of carbonyl (C=O) groups excluding carboxylic acids is 2. The molecule has 0 heterocycles. The van der Waals surface area contributed by atoms with E-state index in [9.17, 15) is 9.59 Å². The molecule has 2 aromatic carbocycles. The Labute approximate surface area is 148 Å². The van der Waals surface area contributed by atoms with Crippen LogP contribution in [-0.4, -0.2) is 18.4 Å². The smallest absolute Gasteiger partial charge is 0.243 e. The summed E-state index contributed by atoms with van der Waals surface area (Å²) in [6, 6.07) is 12.7. The van der Waals surface area contributed by atoms with Crippen LogP contribution in [0.25, 0.3) is 0 Å².